The SMILES string of the molecule is CN(CCc1ccc(C2=NCCN2)cc1)C(=O)CCCN(C)S(=O)(=O)c1cc(Br)c(Cl)s1.O=C(O)C(F)(F)F. The molecule has 2 aromatic rings. The van der Waals surface area contributed by atoms with Gasteiger partial charge in [-0.3, -0.25) is 9.79 Å². The number of nitrogens with zero attached hydrogens (tertiary/aromatic N) is 3. The van der Waals surface area contributed by atoms with Crippen LogP contribution in [0.1, 0.15) is 24.0 Å². The van der Waals surface area contributed by atoms with E-state index >= 15 is 0 Å². The predicted molar refractivity (Wildman–Crippen MR) is 147 cm³/mol. The minimum absolute atomic E-state index is 0.00107. The molecule has 0 bridgehead atoms. The van der Waals surface area contributed by atoms with Gasteiger partial charge in [-0.25, -0.2) is 17.5 Å². The number of nitrogens with one attached hydrogen (secondary N) is 1. The van der Waals surface area contributed by atoms with E-state index in [0.717, 1.165) is 47.8 Å². The summed E-state index contributed by atoms with van der Waals surface area (Å²) in [6.07, 6.45) is -3.59. The van der Waals surface area contributed by atoms with Crippen LogP contribution in [-0.4, -0.2) is 86.9 Å². The van der Waals surface area contributed by atoms with E-state index in [1.165, 1.54) is 17.4 Å². The molecule has 0 aliphatic carbocycles. The molecule has 0 unspecified atom stereocenters. The first kappa shape index (κ1) is 33.0. The van der Waals surface area contributed by atoms with E-state index in [4.69, 9.17) is 21.5 Å². The molecule has 16 heteroatoms. The van der Waals surface area contributed by atoms with Crippen LogP contribution in [0.25, 0.3) is 0 Å². The number of carboxylic acids is 1. The van der Waals surface area contributed by atoms with Crippen molar-refractivity contribution in [2.75, 3.05) is 40.3 Å². The molecule has 0 atom stereocenters. The molecule has 39 heavy (non-hydrogen) atoms. The van der Waals surface area contributed by atoms with Gasteiger partial charge in [-0.1, -0.05) is 35.9 Å². The molecule has 1 aromatic carbocycles. The Balaban J connectivity index is 0.000000673. The van der Waals surface area contributed by atoms with Gasteiger partial charge in [0.25, 0.3) is 10.0 Å². The number of rotatable bonds is 10. The maximum Gasteiger partial charge on any atom is 0.490 e. The molecule has 2 N–H and O–H groups in total. The predicted octanol–water partition coefficient (Wildman–Crippen LogP) is 4.25. The zero-order chi connectivity index (χ0) is 29.4. The highest BCUT2D eigenvalue weighted by Gasteiger charge is 2.38. The molecule has 0 radical (unpaired) electrons. The average molecular weight is 676 g/mol. The van der Waals surface area contributed by atoms with E-state index in [0.29, 0.717) is 21.8 Å². The third kappa shape index (κ3) is 10.0. The quantitative estimate of drug-likeness (QED) is 0.389. The number of amidine groups is 1. The van der Waals surface area contributed by atoms with E-state index in [9.17, 15) is 26.4 Å². The number of thiophene rings is 1. The summed E-state index contributed by atoms with van der Waals surface area (Å²) in [6, 6.07) is 9.71. The Labute approximate surface area is 241 Å². The number of hydrogen-bond acceptors (Lipinski definition) is 7. The molecule has 0 spiro atoms. The number of aliphatic imine (C=N–C) groups is 1. The highest BCUT2D eigenvalue weighted by molar-refractivity contribution is 9.10. The summed E-state index contributed by atoms with van der Waals surface area (Å²) < 4.78 is 59.4. The van der Waals surface area contributed by atoms with Crippen molar-refractivity contribution in [3.63, 3.8) is 0 Å². The zero-order valence-corrected chi connectivity index (χ0v) is 24.9. The van der Waals surface area contributed by atoms with Crippen molar-refractivity contribution < 1.29 is 36.3 Å². The van der Waals surface area contributed by atoms with Crippen molar-refractivity contribution in [2.45, 2.75) is 29.6 Å². The monoisotopic (exact) mass is 674 g/mol. The second-order valence-electron chi connectivity index (χ2n) is 8.34. The van der Waals surface area contributed by atoms with Gasteiger partial charge < -0.3 is 15.3 Å². The van der Waals surface area contributed by atoms with Crippen LogP contribution in [0, 0.1) is 0 Å². The van der Waals surface area contributed by atoms with E-state index in [1.54, 1.807) is 11.9 Å². The number of aliphatic carboxylic acids is 1. The van der Waals surface area contributed by atoms with Crippen LogP contribution >= 0.6 is 38.9 Å². The van der Waals surface area contributed by atoms with Crippen molar-refractivity contribution in [3.05, 3.63) is 50.3 Å². The lowest BCUT2D eigenvalue weighted by Crippen LogP contribution is -2.31. The number of halogens is 5. The summed E-state index contributed by atoms with van der Waals surface area (Å²) >= 11 is 10.2. The lowest BCUT2D eigenvalue weighted by molar-refractivity contribution is -0.192. The van der Waals surface area contributed by atoms with Crippen LogP contribution < -0.4 is 5.32 Å². The maximum atomic E-state index is 12.6. The second kappa shape index (κ2) is 14.4. The van der Waals surface area contributed by atoms with Gasteiger partial charge in [0.15, 0.2) is 0 Å². The number of sulfonamides is 1. The topological polar surface area (TPSA) is 119 Å². The van der Waals surface area contributed by atoms with Crippen LogP contribution in [0.15, 0.2) is 44.0 Å². The molecule has 1 amide bonds. The minimum atomic E-state index is -5.08. The summed E-state index contributed by atoms with van der Waals surface area (Å²) in [5.41, 5.74) is 2.23. The third-order valence-corrected chi connectivity index (χ3v) is 10.2. The Morgan fingerprint density at radius 3 is 2.31 bits per heavy atom. The lowest BCUT2D eigenvalue weighted by Gasteiger charge is -2.19. The fourth-order valence-corrected chi connectivity index (χ4v) is 6.94. The van der Waals surface area contributed by atoms with Gasteiger partial charge in [0, 0.05) is 50.2 Å². The minimum Gasteiger partial charge on any atom is -0.475 e. The molecule has 9 nitrogen and oxygen atoms in total. The van der Waals surface area contributed by atoms with Crippen LogP contribution in [0.5, 0.6) is 0 Å². The average Bonchev–Trinajstić information content (AvgIpc) is 3.53. The Bertz CT molecular complexity index is 1270. The normalized spacial score (nSPS) is 13.4. The number of alkyl halides is 3. The molecule has 1 aromatic heterocycles. The number of amides is 1. The fourth-order valence-electron chi connectivity index (χ4n) is 3.21. The molecule has 1 aliphatic heterocycles. The van der Waals surface area contributed by atoms with Gasteiger partial charge >= 0.3 is 12.1 Å². The van der Waals surface area contributed by atoms with Gasteiger partial charge in [-0.15, -0.1) is 11.3 Å². The first-order valence-electron chi connectivity index (χ1n) is 11.5. The maximum absolute atomic E-state index is 12.6. The van der Waals surface area contributed by atoms with E-state index in [-0.39, 0.29) is 23.1 Å². The zero-order valence-electron chi connectivity index (χ0n) is 21.0. The van der Waals surface area contributed by atoms with E-state index < -0.39 is 22.2 Å². The number of carboxylic acid groups (broad SMARTS) is 1. The fraction of sp³-hybridized carbons (Fsp3) is 0.435. The summed E-state index contributed by atoms with van der Waals surface area (Å²) in [5, 5.41) is 10.4. The van der Waals surface area contributed by atoms with Crippen molar-refractivity contribution in [3.8, 4) is 0 Å². The van der Waals surface area contributed by atoms with Crippen molar-refractivity contribution in [2.24, 2.45) is 4.99 Å². The second-order valence-corrected chi connectivity index (χ2v) is 13.1. The largest absolute Gasteiger partial charge is 0.490 e. The molecule has 3 rings (SSSR count). The van der Waals surface area contributed by atoms with Crippen LogP contribution in [0.2, 0.25) is 4.34 Å². The van der Waals surface area contributed by atoms with Crippen LogP contribution in [-0.2, 0) is 26.0 Å². The molecular weight excluding hydrogens is 649 g/mol. The third-order valence-electron chi connectivity index (χ3n) is 5.46. The molecule has 2 heterocycles. The number of carbonyl (C=O) groups excluding carboxylic acids is 1. The Morgan fingerprint density at radius 1 is 1.21 bits per heavy atom. The Kier molecular flexibility index (Phi) is 12.2. The molecule has 216 valence electrons. The highest BCUT2D eigenvalue weighted by atomic mass is 79.9. The number of benzene rings is 1. The summed E-state index contributed by atoms with van der Waals surface area (Å²) in [5.74, 6) is -1.82. The van der Waals surface area contributed by atoms with E-state index in [2.05, 4.69) is 38.4 Å². The number of likely N-dealkylation sites (N-methyl/N-ethyl adjacent to an activating group) is 1. The summed E-state index contributed by atoms with van der Waals surface area (Å²) in [7, 11) is -0.323. The summed E-state index contributed by atoms with van der Waals surface area (Å²) in [4.78, 5) is 27.5. The van der Waals surface area contributed by atoms with E-state index in [1.807, 2.05) is 12.1 Å². The molecule has 0 saturated heterocycles. The van der Waals surface area contributed by atoms with Gasteiger partial charge in [0.2, 0.25) is 5.91 Å². The van der Waals surface area contributed by atoms with Gasteiger partial charge in [-0.2, -0.15) is 13.2 Å². The molecule has 0 saturated carbocycles. The smallest absolute Gasteiger partial charge is 0.475 e. The van der Waals surface area contributed by atoms with Gasteiger partial charge in [0.1, 0.15) is 14.4 Å². The van der Waals surface area contributed by atoms with Crippen molar-refractivity contribution in [1.29, 1.82) is 0 Å². The Morgan fingerprint density at radius 2 is 1.82 bits per heavy atom. The molecule has 1 aliphatic rings. The van der Waals surface area contributed by atoms with Gasteiger partial charge in [0.05, 0.1) is 6.54 Å². The number of carbonyl (C=O) groups is 2. The summed E-state index contributed by atoms with van der Waals surface area (Å²) in [6.45, 7) is 2.55. The van der Waals surface area contributed by atoms with Crippen molar-refractivity contribution in [1.82, 2.24) is 14.5 Å². The van der Waals surface area contributed by atoms with Crippen LogP contribution in [0.4, 0.5) is 13.2 Å². The highest BCUT2D eigenvalue weighted by Crippen LogP contribution is 2.35. The molecule has 0 fully saturated rings. The van der Waals surface area contributed by atoms with Crippen LogP contribution in [0.3, 0.4) is 0 Å². The van der Waals surface area contributed by atoms with Crippen molar-refractivity contribution >= 4 is 66.6 Å². The lowest BCUT2D eigenvalue weighted by atomic mass is 10.1. The van der Waals surface area contributed by atoms with Gasteiger partial charge in [-0.05, 0) is 40.4 Å². The standard InChI is InChI=1S/C21H26BrClN4O3S2.C2HF3O2/c1-26(13-9-15-5-7-16(8-6-15)21-24-10-11-25-21)18(28)4-3-12-27(2)32(29,30)19-14-17(22)20(23)31-19;3-2(4,5)1(6)7/h5-8,14H,3-4,9-13H2,1-2H3,(H,24,25);(H,6,7). The number of hydrogen-bond donors (Lipinski definition) is 2. The molecular formula is C23H27BrClF3N4O5S2. The Hall–Kier alpha value is -2.20. The first-order chi connectivity index (χ1) is 18.1. The first-order valence-corrected chi connectivity index (χ1v) is 14.9.